The number of likely N-dealkylation sites (tertiary alicyclic amines) is 1. The Morgan fingerprint density at radius 2 is 1.96 bits per heavy atom. The molecule has 2 heterocycles. The number of piperidine rings is 1. The van der Waals surface area contributed by atoms with Crippen LogP contribution in [-0.4, -0.2) is 46.1 Å². The fourth-order valence-corrected chi connectivity index (χ4v) is 3.07. The van der Waals surface area contributed by atoms with Gasteiger partial charge in [0.2, 0.25) is 11.8 Å². The molecular weight excluding hydrogens is 332 g/mol. The number of anilines is 1. The lowest BCUT2D eigenvalue weighted by Crippen LogP contribution is -2.42. The number of nitrogens with two attached hydrogens (primary N) is 1. The second-order valence-corrected chi connectivity index (χ2v) is 6.27. The third-order valence-electron chi connectivity index (χ3n) is 4.51. The highest BCUT2D eigenvalue weighted by Gasteiger charge is 2.24. The molecule has 0 atom stereocenters. The molecule has 134 valence electrons. The minimum Gasteiger partial charge on any atom is -0.369 e. The van der Waals surface area contributed by atoms with Gasteiger partial charge in [0.15, 0.2) is 5.82 Å². The maximum atomic E-state index is 12.5. The highest BCUT2D eigenvalue weighted by Crippen LogP contribution is 2.20. The van der Waals surface area contributed by atoms with Crippen molar-refractivity contribution in [2.24, 2.45) is 11.7 Å². The maximum absolute atomic E-state index is 12.5. The lowest BCUT2D eigenvalue weighted by atomic mass is 9.96. The van der Waals surface area contributed by atoms with E-state index in [-0.39, 0.29) is 24.3 Å². The lowest BCUT2D eigenvalue weighted by molar-refractivity contribution is -0.123. The van der Waals surface area contributed by atoms with Gasteiger partial charge in [-0.25, -0.2) is 4.68 Å². The summed E-state index contributed by atoms with van der Waals surface area (Å²) in [6.45, 7) is 1.48. The van der Waals surface area contributed by atoms with Crippen molar-refractivity contribution in [2.75, 3.05) is 25.0 Å². The molecule has 8 nitrogen and oxygen atoms in total. The van der Waals surface area contributed by atoms with Gasteiger partial charge in [0.1, 0.15) is 11.6 Å². The number of nitrogens with one attached hydrogen (secondary N) is 1. The summed E-state index contributed by atoms with van der Waals surface area (Å²) in [6, 6.07) is 11.3. The van der Waals surface area contributed by atoms with E-state index in [4.69, 9.17) is 5.73 Å². The lowest BCUT2D eigenvalue weighted by Gasteiger charge is -2.29. The van der Waals surface area contributed by atoms with Crippen LogP contribution >= 0.6 is 0 Å². The van der Waals surface area contributed by atoms with Gasteiger partial charge in [-0.15, -0.1) is 0 Å². The Hall–Kier alpha value is -3.18. The Kier molecular flexibility index (Phi) is 5.29. The standard InChI is InChI=1S/C18H20N6O2/c19-10-14-11-21-24(15-4-2-1-3-5-15)18(14)22-16(25)12-23-8-6-13(7-9-23)17(20)26/h1-5,11,13H,6-9,12H2,(H2,20,26)(H,22,25). The molecule has 0 spiro atoms. The molecule has 0 bridgehead atoms. The van der Waals surface area contributed by atoms with Crippen LogP contribution in [0, 0.1) is 17.2 Å². The van der Waals surface area contributed by atoms with Gasteiger partial charge in [0, 0.05) is 5.92 Å². The molecule has 0 aliphatic carbocycles. The van der Waals surface area contributed by atoms with E-state index in [9.17, 15) is 14.9 Å². The number of rotatable bonds is 5. The van der Waals surface area contributed by atoms with Crippen LogP contribution in [0.25, 0.3) is 5.69 Å². The van der Waals surface area contributed by atoms with Crippen molar-refractivity contribution in [2.45, 2.75) is 12.8 Å². The maximum Gasteiger partial charge on any atom is 0.239 e. The van der Waals surface area contributed by atoms with Crippen molar-refractivity contribution in [3.63, 3.8) is 0 Å². The minimum absolute atomic E-state index is 0.112. The van der Waals surface area contributed by atoms with E-state index in [0.717, 1.165) is 5.69 Å². The van der Waals surface area contributed by atoms with Crippen molar-refractivity contribution in [1.82, 2.24) is 14.7 Å². The van der Waals surface area contributed by atoms with Gasteiger partial charge in [-0.2, -0.15) is 10.4 Å². The first-order valence-electron chi connectivity index (χ1n) is 8.43. The summed E-state index contributed by atoms with van der Waals surface area (Å²) in [5.74, 6) is -0.258. The number of hydrogen-bond acceptors (Lipinski definition) is 5. The average Bonchev–Trinajstić information content (AvgIpc) is 3.05. The SMILES string of the molecule is N#Cc1cnn(-c2ccccc2)c1NC(=O)CN1CCC(C(N)=O)CC1. The number of para-hydroxylation sites is 1. The number of carbonyl (C=O) groups is 2. The Labute approximate surface area is 151 Å². The molecule has 3 N–H and O–H groups in total. The molecule has 1 aromatic heterocycles. The van der Waals surface area contributed by atoms with Crippen LogP contribution in [0.2, 0.25) is 0 Å². The molecular formula is C18H20N6O2. The summed E-state index contributed by atoms with van der Waals surface area (Å²) in [7, 11) is 0. The topological polar surface area (TPSA) is 117 Å². The molecule has 2 amide bonds. The molecule has 0 saturated carbocycles. The zero-order chi connectivity index (χ0) is 18.5. The smallest absolute Gasteiger partial charge is 0.239 e. The van der Waals surface area contributed by atoms with Crippen LogP contribution in [0.3, 0.4) is 0 Å². The quantitative estimate of drug-likeness (QED) is 0.828. The summed E-state index contributed by atoms with van der Waals surface area (Å²) in [4.78, 5) is 25.6. The van der Waals surface area contributed by atoms with E-state index in [1.807, 2.05) is 41.3 Å². The van der Waals surface area contributed by atoms with Crippen LogP contribution < -0.4 is 11.1 Å². The van der Waals surface area contributed by atoms with Crippen LogP contribution in [0.4, 0.5) is 5.82 Å². The van der Waals surface area contributed by atoms with E-state index in [0.29, 0.717) is 37.3 Å². The fourth-order valence-electron chi connectivity index (χ4n) is 3.07. The summed E-state index contributed by atoms with van der Waals surface area (Å²) < 4.78 is 1.54. The second kappa shape index (κ2) is 7.80. The molecule has 26 heavy (non-hydrogen) atoms. The Balaban J connectivity index is 1.67. The van der Waals surface area contributed by atoms with Gasteiger partial charge in [0.05, 0.1) is 18.4 Å². The number of primary amides is 1. The van der Waals surface area contributed by atoms with Crippen LogP contribution in [-0.2, 0) is 9.59 Å². The zero-order valence-corrected chi connectivity index (χ0v) is 14.3. The third kappa shape index (κ3) is 3.90. The van der Waals surface area contributed by atoms with E-state index in [2.05, 4.69) is 10.4 Å². The average molecular weight is 352 g/mol. The number of nitrogens with zero attached hydrogens (tertiary/aromatic N) is 4. The van der Waals surface area contributed by atoms with Gasteiger partial charge in [0.25, 0.3) is 0 Å². The van der Waals surface area contributed by atoms with E-state index < -0.39 is 0 Å². The predicted octanol–water partition coefficient (Wildman–Crippen LogP) is 0.880. The Morgan fingerprint density at radius 3 is 2.58 bits per heavy atom. The van der Waals surface area contributed by atoms with Gasteiger partial charge >= 0.3 is 0 Å². The molecule has 2 aromatic rings. The van der Waals surface area contributed by atoms with Crippen molar-refractivity contribution >= 4 is 17.6 Å². The van der Waals surface area contributed by atoms with Crippen LogP contribution in [0.5, 0.6) is 0 Å². The Morgan fingerprint density at radius 1 is 1.27 bits per heavy atom. The summed E-state index contributed by atoms with van der Waals surface area (Å²) in [5, 5.41) is 16.3. The number of nitriles is 1. The highest BCUT2D eigenvalue weighted by atomic mass is 16.2. The van der Waals surface area contributed by atoms with Gasteiger partial charge in [-0.1, -0.05) is 18.2 Å². The summed E-state index contributed by atoms with van der Waals surface area (Å²) in [6.07, 6.45) is 2.75. The third-order valence-corrected chi connectivity index (χ3v) is 4.51. The number of aromatic nitrogens is 2. The highest BCUT2D eigenvalue weighted by molar-refractivity contribution is 5.93. The fraction of sp³-hybridized carbons (Fsp3) is 0.333. The van der Waals surface area contributed by atoms with Crippen molar-refractivity contribution in [3.8, 4) is 11.8 Å². The van der Waals surface area contributed by atoms with E-state index in [1.54, 1.807) is 0 Å². The predicted molar refractivity (Wildman–Crippen MR) is 95.3 cm³/mol. The normalized spacial score (nSPS) is 15.3. The molecule has 1 aliphatic heterocycles. The largest absolute Gasteiger partial charge is 0.369 e. The number of amides is 2. The van der Waals surface area contributed by atoms with Crippen molar-refractivity contribution in [3.05, 3.63) is 42.1 Å². The molecule has 0 unspecified atom stereocenters. The van der Waals surface area contributed by atoms with Crippen molar-refractivity contribution in [1.29, 1.82) is 5.26 Å². The summed E-state index contributed by atoms with van der Waals surface area (Å²) >= 11 is 0. The van der Waals surface area contributed by atoms with Gasteiger partial charge < -0.3 is 11.1 Å². The number of benzene rings is 1. The van der Waals surface area contributed by atoms with Crippen LogP contribution in [0.15, 0.2) is 36.5 Å². The summed E-state index contributed by atoms with van der Waals surface area (Å²) in [5.41, 5.74) is 6.39. The monoisotopic (exact) mass is 352 g/mol. The first-order valence-corrected chi connectivity index (χ1v) is 8.43. The van der Waals surface area contributed by atoms with Crippen LogP contribution in [0.1, 0.15) is 18.4 Å². The molecule has 8 heteroatoms. The van der Waals surface area contributed by atoms with Crippen molar-refractivity contribution < 1.29 is 9.59 Å². The first-order chi connectivity index (χ1) is 12.6. The Bertz CT molecular complexity index is 831. The number of hydrogen-bond donors (Lipinski definition) is 2. The minimum atomic E-state index is -0.278. The number of carbonyl (C=O) groups excluding carboxylic acids is 2. The molecule has 1 fully saturated rings. The molecule has 1 aromatic carbocycles. The second-order valence-electron chi connectivity index (χ2n) is 6.27. The molecule has 0 radical (unpaired) electrons. The molecule has 1 aliphatic rings. The van der Waals surface area contributed by atoms with Gasteiger partial charge in [-0.3, -0.25) is 14.5 Å². The van der Waals surface area contributed by atoms with E-state index in [1.165, 1.54) is 10.9 Å². The molecule has 1 saturated heterocycles. The first kappa shape index (κ1) is 17.6. The van der Waals surface area contributed by atoms with E-state index >= 15 is 0 Å². The zero-order valence-electron chi connectivity index (χ0n) is 14.3. The van der Waals surface area contributed by atoms with Gasteiger partial charge in [-0.05, 0) is 38.1 Å². The molecule has 3 rings (SSSR count).